The summed E-state index contributed by atoms with van der Waals surface area (Å²) >= 11 is 0. The van der Waals surface area contributed by atoms with E-state index >= 15 is 0 Å². The van der Waals surface area contributed by atoms with E-state index in [1.807, 2.05) is 0 Å². The Balaban J connectivity index is 4.38. The predicted octanol–water partition coefficient (Wildman–Crippen LogP) is 12.6. The summed E-state index contributed by atoms with van der Waals surface area (Å²) in [4.78, 5) is 37.5. The van der Waals surface area contributed by atoms with Gasteiger partial charge in [0.2, 0.25) is 0 Å². The molecule has 0 radical (unpaired) electrons. The van der Waals surface area contributed by atoms with Crippen LogP contribution in [-0.2, 0) is 28.0 Å². The Morgan fingerprint density at radius 3 is 0.721 bits per heavy atom. The number of carbonyl (C=O) groups excluding carboxylic acids is 3. The van der Waals surface area contributed by atoms with Crippen LogP contribution in [-0.4, -0.2) is 17.9 Å². The summed E-state index contributed by atoms with van der Waals surface area (Å²) in [6.07, 6.45) is 32.0. The molecule has 0 unspecified atom stereocenters. The number of hydrogen-bond donors (Lipinski definition) is 0. The zero-order valence-corrected chi connectivity index (χ0v) is 29.5. The highest BCUT2D eigenvalue weighted by Crippen LogP contribution is 2.41. The minimum Gasteiger partial charge on any atom is -0.375 e. The van der Waals surface area contributed by atoms with Crippen LogP contribution in [0.1, 0.15) is 213 Å². The SMILES string of the molecule is CCCCCCCCCCCC(=O)OP(OC(=O)CCCCCCCCCCC)OC(=O)CCCCCCCCCCC. The van der Waals surface area contributed by atoms with Gasteiger partial charge in [-0.2, -0.15) is 0 Å². The molecule has 0 aliphatic rings. The normalized spacial score (nSPS) is 11.2. The molecule has 6 nitrogen and oxygen atoms in total. The lowest BCUT2D eigenvalue weighted by atomic mass is 10.1. The van der Waals surface area contributed by atoms with Gasteiger partial charge in [-0.1, -0.05) is 175 Å². The van der Waals surface area contributed by atoms with E-state index in [1.165, 1.54) is 116 Å². The molecule has 7 heteroatoms. The smallest absolute Gasteiger partial charge is 0.375 e. The van der Waals surface area contributed by atoms with Crippen LogP contribution in [0.25, 0.3) is 0 Å². The molecule has 254 valence electrons. The van der Waals surface area contributed by atoms with E-state index in [4.69, 9.17) is 13.6 Å². The maximum absolute atomic E-state index is 12.5. The second kappa shape index (κ2) is 33.7. The summed E-state index contributed by atoms with van der Waals surface area (Å²) in [5, 5.41) is 0. The summed E-state index contributed by atoms with van der Waals surface area (Å²) in [7, 11) is -2.34. The van der Waals surface area contributed by atoms with Crippen molar-refractivity contribution in [2.75, 3.05) is 0 Å². The van der Waals surface area contributed by atoms with Crippen LogP contribution in [0.5, 0.6) is 0 Å². The molecule has 0 spiro atoms. The van der Waals surface area contributed by atoms with Crippen LogP contribution in [0.4, 0.5) is 0 Å². The molecule has 0 saturated heterocycles. The van der Waals surface area contributed by atoms with Crippen molar-refractivity contribution in [2.24, 2.45) is 0 Å². The van der Waals surface area contributed by atoms with Crippen molar-refractivity contribution in [3.8, 4) is 0 Å². The number of hydrogen-bond acceptors (Lipinski definition) is 6. The van der Waals surface area contributed by atoms with Gasteiger partial charge in [-0.3, -0.25) is 14.4 Å². The quantitative estimate of drug-likeness (QED) is 0.0531. The van der Waals surface area contributed by atoms with Gasteiger partial charge in [0.1, 0.15) is 0 Å². The summed E-state index contributed by atoms with van der Waals surface area (Å²) in [6, 6.07) is 0. The topological polar surface area (TPSA) is 78.9 Å². The molecule has 0 heterocycles. The zero-order chi connectivity index (χ0) is 31.6. The van der Waals surface area contributed by atoms with E-state index in [1.54, 1.807) is 0 Å². The molecule has 0 N–H and O–H groups in total. The molecule has 0 rings (SSSR count). The Hall–Kier alpha value is -1.16. The Kier molecular flexibility index (Phi) is 32.8. The van der Waals surface area contributed by atoms with Gasteiger partial charge in [-0.05, 0) is 19.3 Å². The maximum atomic E-state index is 12.5. The number of carbonyl (C=O) groups is 3. The molecular formula is C36H69O6P. The third-order valence-corrected chi connectivity index (χ3v) is 9.04. The maximum Gasteiger partial charge on any atom is 0.537 e. The Morgan fingerprint density at radius 2 is 0.512 bits per heavy atom. The Morgan fingerprint density at radius 1 is 0.326 bits per heavy atom. The van der Waals surface area contributed by atoms with Crippen molar-refractivity contribution >= 4 is 26.5 Å². The van der Waals surface area contributed by atoms with E-state index in [0.29, 0.717) is 0 Å². The van der Waals surface area contributed by atoms with Crippen molar-refractivity contribution in [3.63, 3.8) is 0 Å². The predicted molar refractivity (Wildman–Crippen MR) is 181 cm³/mol. The van der Waals surface area contributed by atoms with Crippen molar-refractivity contribution in [1.29, 1.82) is 0 Å². The van der Waals surface area contributed by atoms with E-state index in [2.05, 4.69) is 20.8 Å². The summed E-state index contributed by atoms with van der Waals surface area (Å²) in [5.41, 5.74) is 0. The fourth-order valence-corrected chi connectivity index (χ4v) is 6.07. The minimum absolute atomic E-state index is 0.250. The van der Waals surface area contributed by atoms with Gasteiger partial charge in [0.05, 0.1) is 0 Å². The van der Waals surface area contributed by atoms with Crippen LogP contribution in [0.15, 0.2) is 0 Å². The Bertz CT molecular complexity index is 556. The van der Waals surface area contributed by atoms with E-state index in [9.17, 15) is 14.4 Å². The second-order valence-electron chi connectivity index (χ2n) is 12.3. The molecule has 0 aliphatic heterocycles. The van der Waals surface area contributed by atoms with Gasteiger partial charge < -0.3 is 13.6 Å². The highest BCUT2D eigenvalue weighted by molar-refractivity contribution is 7.43. The Labute approximate surface area is 267 Å². The fraction of sp³-hybridized carbons (Fsp3) is 0.917. The van der Waals surface area contributed by atoms with E-state index in [-0.39, 0.29) is 19.3 Å². The van der Waals surface area contributed by atoms with Crippen molar-refractivity contribution in [3.05, 3.63) is 0 Å². The van der Waals surface area contributed by atoms with Gasteiger partial charge in [0.25, 0.3) is 0 Å². The van der Waals surface area contributed by atoms with E-state index < -0.39 is 26.5 Å². The molecule has 0 fully saturated rings. The van der Waals surface area contributed by atoms with Crippen LogP contribution in [0, 0.1) is 0 Å². The van der Waals surface area contributed by atoms with Crippen LogP contribution in [0.2, 0.25) is 0 Å². The van der Waals surface area contributed by atoms with Crippen molar-refractivity contribution in [1.82, 2.24) is 0 Å². The second-order valence-corrected chi connectivity index (χ2v) is 13.3. The minimum atomic E-state index is -2.34. The van der Waals surface area contributed by atoms with Crippen LogP contribution >= 0.6 is 8.60 Å². The first-order valence-electron chi connectivity index (χ1n) is 18.5. The number of rotatable bonds is 33. The zero-order valence-electron chi connectivity index (χ0n) is 28.6. The molecule has 43 heavy (non-hydrogen) atoms. The van der Waals surface area contributed by atoms with Crippen molar-refractivity contribution < 1.29 is 28.0 Å². The fourth-order valence-electron chi connectivity index (χ4n) is 5.18. The molecule has 0 amide bonds. The van der Waals surface area contributed by atoms with Gasteiger partial charge in [-0.15, -0.1) is 0 Å². The van der Waals surface area contributed by atoms with Gasteiger partial charge in [0.15, 0.2) is 0 Å². The molecular weight excluding hydrogens is 559 g/mol. The molecule has 0 saturated carbocycles. The first-order chi connectivity index (χ1) is 21.0. The molecule has 0 bridgehead atoms. The van der Waals surface area contributed by atoms with Crippen LogP contribution in [0.3, 0.4) is 0 Å². The first-order valence-corrected chi connectivity index (χ1v) is 19.5. The summed E-state index contributed by atoms with van der Waals surface area (Å²) in [5.74, 6) is -1.37. The molecule has 0 aromatic heterocycles. The van der Waals surface area contributed by atoms with Gasteiger partial charge >= 0.3 is 26.5 Å². The number of unbranched alkanes of at least 4 members (excludes halogenated alkanes) is 24. The largest absolute Gasteiger partial charge is 0.537 e. The van der Waals surface area contributed by atoms with E-state index in [0.717, 1.165) is 57.8 Å². The molecule has 0 aromatic rings. The third-order valence-electron chi connectivity index (χ3n) is 7.98. The molecule has 0 aromatic carbocycles. The van der Waals surface area contributed by atoms with Crippen molar-refractivity contribution in [2.45, 2.75) is 213 Å². The average Bonchev–Trinajstić information content (AvgIpc) is 2.98. The lowest BCUT2D eigenvalue weighted by Crippen LogP contribution is -2.11. The van der Waals surface area contributed by atoms with Crippen LogP contribution < -0.4 is 0 Å². The highest BCUT2D eigenvalue weighted by Gasteiger charge is 2.27. The highest BCUT2D eigenvalue weighted by atomic mass is 31.2. The summed E-state index contributed by atoms with van der Waals surface area (Å²) < 4.78 is 16.2. The monoisotopic (exact) mass is 628 g/mol. The lowest BCUT2D eigenvalue weighted by molar-refractivity contribution is -0.142. The van der Waals surface area contributed by atoms with Gasteiger partial charge in [-0.25, -0.2) is 0 Å². The summed E-state index contributed by atoms with van der Waals surface area (Å²) in [6.45, 7) is 6.68. The standard InChI is InChI=1S/C36H69O6P/c1-4-7-10-13-16-19-22-25-28-31-34(37)40-43(41-35(38)32-29-26-23-20-17-14-11-8-5-2)42-36(39)33-30-27-24-21-18-15-12-9-6-3/h4-33H2,1-3H3. The lowest BCUT2D eigenvalue weighted by Gasteiger charge is -2.15. The average molecular weight is 629 g/mol. The van der Waals surface area contributed by atoms with Gasteiger partial charge in [0, 0.05) is 19.3 Å². The molecule has 0 aliphatic carbocycles. The third kappa shape index (κ3) is 32.1. The molecule has 0 atom stereocenters. The first kappa shape index (κ1) is 41.8.